The molecular formula is C6H10ClN3O2. The molecule has 6 heteroatoms. The summed E-state index contributed by atoms with van der Waals surface area (Å²) in [7, 11) is 0. The van der Waals surface area contributed by atoms with E-state index in [1.807, 2.05) is 0 Å². The van der Waals surface area contributed by atoms with Crippen molar-refractivity contribution >= 4 is 12.4 Å². The van der Waals surface area contributed by atoms with Gasteiger partial charge in [0.15, 0.2) is 0 Å². The van der Waals surface area contributed by atoms with E-state index in [9.17, 15) is 9.59 Å². The minimum atomic E-state index is -0.496. The SMILES string of the molecule is Cc1[nH]c(=O)[nH]c(=O)c1CN.Cl. The van der Waals surface area contributed by atoms with E-state index in [-0.39, 0.29) is 19.0 Å². The summed E-state index contributed by atoms with van der Waals surface area (Å²) in [5.41, 5.74) is 5.31. The fourth-order valence-corrected chi connectivity index (χ4v) is 0.872. The van der Waals surface area contributed by atoms with Crippen LogP contribution < -0.4 is 17.0 Å². The normalized spacial score (nSPS) is 9.17. The van der Waals surface area contributed by atoms with Crippen molar-refractivity contribution in [2.24, 2.45) is 5.73 Å². The van der Waals surface area contributed by atoms with E-state index in [2.05, 4.69) is 9.97 Å². The summed E-state index contributed by atoms with van der Waals surface area (Å²) in [6.07, 6.45) is 0. The van der Waals surface area contributed by atoms with Gasteiger partial charge in [0, 0.05) is 12.2 Å². The lowest BCUT2D eigenvalue weighted by Crippen LogP contribution is -2.28. The first-order chi connectivity index (χ1) is 5.15. The molecule has 1 aromatic rings. The third-order valence-corrected chi connectivity index (χ3v) is 1.46. The molecule has 0 aliphatic carbocycles. The highest BCUT2D eigenvalue weighted by molar-refractivity contribution is 5.85. The minimum absolute atomic E-state index is 0. The van der Waals surface area contributed by atoms with Crippen LogP contribution in [0.5, 0.6) is 0 Å². The molecule has 12 heavy (non-hydrogen) atoms. The zero-order valence-electron chi connectivity index (χ0n) is 6.51. The van der Waals surface area contributed by atoms with E-state index in [1.54, 1.807) is 6.92 Å². The molecule has 1 aromatic heterocycles. The minimum Gasteiger partial charge on any atom is -0.326 e. The number of hydrogen-bond acceptors (Lipinski definition) is 3. The number of aromatic nitrogens is 2. The van der Waals surface area contributed by atoms with Gasteiger partial charge in [-0.15, -0.1) is 12.4 Å². The highest BCUT2D eigenvalue weighted by atomic mass is 35.5. The monoisotopic (exact) mass is 191 g/mol. The molecule has 0 aliphatic heterocycles. The molecule has 0 radical (unpaired) electrons. The Balaban J connectivity index is 0.00000121. The van der Waals surface area contributed by atoms with Gasteiger partial charge in [-0.2, -0.15) is 0 Å². The van der Waals surface area contributed by atoms with Crippen molar-refractivity contribution in [3.05, 3.63) is 32.1 Å². The standard InChI is InChI=1S/C6H9N3O2.ClH/c1-3-4(2-7)5(10)9-6(11)8-3;/h2,7H2,1H3,(H2,8,9,10,11);1H. The van der Waals surface area contributed by atoms with Crippen molar-refractivity contribution in [2.75, 3.05) is 0 Å². The number of nitrogens with one attached hydrogen (secondary N) is 2. The highest BCUT2D eigenvalue weighted by Crippen LogP contribution is 1.90. The van der Waals surface area contributed by atoms with E-state index in [0.717, 1.165) is 0 Å². The van der Waals surface area contributed by atoms with E-state index in [4.69, 9.17) is 5.73 Å². The maximum absolute atomic E-state index is 10.9. The van der Waals surface area contributed by atoms with Gasteiger partial charge in [0.1, 0.15) is 0 Å². The van der Waals surface area contributed by atoms with E-state index in [1.165, 1.54) is 0 Å². The first kappa shape index (κ1) is 10.9. The van der Waals surface area contributed by atoms with Crippen molar-refractivity contribution in [3.63, 3.8) is 0 Å². The fourth-order valence-electron chi connectivity index (χ4n) is 0.872. The van der Waals surface area contributed by atoms with Crippen LogP contribution in [0.4, 0.5) is 0 Å². The van der Waals surface area contributed by atoms with Crippen LogP contribution in [0.1, 0.15) is 11.3 Å². The van der Waals surface area contributed by atoms with Gasteiger partial charge in [0.2, 0.25) is 0 Å². The number of aromatic amines is 2. The average Bonchev–Trinajstić information content (AvgIpc) is 1.85. The van der Waals surface area contributed by atoms with Gasteiger partial charge in [0.05, 0.1) is 5.56 Å². The molecule has 1 heterocycles. The number of nitrogens with two attached hydrogens (primary N) is 1. The summed E-state index contributed by atoms with van der Waals surface area (Å²) >= 11 is 0. The Labute approximate surface area is 74.4 Å². The predicted octanol–water partition coefficient (Wildman–Crippen LogP) is -0.748. The Kier molecular flexibility index (Phi) is 3.72. The largest absolute Gasteiger partial charge is 0.326 e. The molecule has 0 spiro atoms. The second kappa shape index (κ2) is 4.08. The van der Waals surface area contributed by atoms with Crippen LogP contribution in [-0.4, -0.2) is 9.97 Å². The molecule has 4 N–H and O–H groups in total. The predicted molar refractivity (Wildman–Crippen MR) is 47.6 cm³/mol. The molecule has 68 valence electrons. The second-order valence-electron chi connectivity index (χ2n) is 2.22. The van der Waals surface area contributed by atoms with Crippen LogP contribution in [0.15, 0.2) is 9.59 Å². The molecule has 0 unspecified atom stereocenters. The third kappa shape index (κ3) is 1.96. The van der Waals surface area contributed by atoms with Crippen LogP contribution >= 0.6 is 12.4 Å². The molecule has 0 saturated carbocycles. The Morgan fingerprint density at radius 1 is 1.33 bits per heavy atom. The average molecular weight is 192 g/mol. The van der Waals surface area contributed by atoms with Gasteiger partial charge in [-0.3, -0.25) is 9.78 Å². The lowest BCUT2D eigenvalue weighted by molar-refractivity contribution is 0.905. The van der Waals surface area contributed by atoms with Crippen LogP contribution in [-0.2, 0) is 6.54 Å². The topological polar surface area (TPSA) is 91.7 Å². The van der Waals surface area contributed by atoms with Gasteiger partial charge in [0.25, 0.3) is 5.56 Å². The maximum Gasteiger partial charge on any atom is 0.325 e. The molecule has 1 rings (SSSR count). The summed E-state index contributed by atoms with van der Waals surface area (Å²) in [6, 6.07) is 0. The molecule has 5 nitrogen and oxygen atoms in total. The molecule has 0 aromatic carbocycles. The zero-order valence-corrected chi connectivity index (χ0v) is 7.33. The highest BCUT2D eigenvalue weighted by Gasteiger charge is 2.01. The summed E-state index contributed by atoms with van der Waals surface area (Å²) in [4.78, 5) is 26.1. The van der Waals surface area contributed by atoms with Gasteiger partial charge in [-0.1, -0.05) is 0 Å². The van der Waals surface area contributed by atoms with E-state index < -0.39 is 11.2 Å². The lowest BCUT2D eigenvalue weighted by Gasteiger charge is -1.97. The molecule has 0 atom stereocenters. The van der Waals surface area contributed by atoms with Gasteiger partial charge < -0.3 is 10.7 Å². The van der Waals surface area contributed by atoms with E-state index >= 15 is 0 Å². The Morgan fingerprint density at radius 2 is 1.92 bits per heavy atom. The van der Waals surface area contributed by atoms with Crippen LogP contribution in [0.25, 0.3) is 0 Å². The van der Waals surface area contributed by atoms with Crippen molar-refractivity contribution in [1.29, 1.82) is 0 Å². The molecule has 0 saturated heterocycles. The Morgan fingerprint density at radius 3 is 2.33 bits per heavy atom. The van der Waals surface area contributed by atoms with Gasteiger partial charge in [-0.05, 0) is 6.92 Å². The smallest absolute Gasteiger partial charge is 0.325 e. The number of H-pyrrole nitrogens is 2. The quantitative estimate of drug-likeness (QED) is 0.546. The van der Waals surface area contributed by atoms with E-state index in [0.29, 0.717) is 11.3 Å². The molecule has 0 aliphatic rings. The molecule has 0 fully saturated rings. The number of halogens is 1. The Bertz CT molecular complexity index is 368. The van der Waals surface area contributed by atoms with Crippen LogP contribution in [0.2, 0.25) is 0 Å². The fraction of sp³-hybridized carbons (Fsp3) is 0.333. The molecule has 0 amide bonds. The third-order valence-electron chi connectivity index (χ3n) is 1.46. The maximum atomic E-state index is 10.9. The molecule has 0 bridgehead atoms. The lowest BCUT2D eigenvalue weighted by atomic mass is 10.2. The molecular weight excluding hydrogens is 182 g/mol. The number of aryl methyl sites for hydroxylation is 1. The van der Waals surface area contributed by atoms with Crippen molar-refractivity contribution in [1.82, 2.24) is 9.97 Å². The summed E-state index contributed by atoms with van der Waals surface area (Å²) < 4.78 is 0. The van der Waals surface area contributed by atoms with Crippen molar-refractivity contribution < 1.29 is 0 Å². The summed E-state index contributed by atoms with van der Waals surface area (Å²) in [6.45, 7) is 1.77. The zero-order chi connectivity index (χ0) is 8.43. The number of hydrogen-bond donors (Lipinski definition) is 3. The second-order valence-corrected chi connectivity index (χ2v) is 2.22. The first-order valence-corrected chi connectivity index (χ1v) is 3.17. The first-order valence-electron chi connectivity index (χ1n) is 3.17. The van der Waals surface area contributed by atoms with Crippen molar-refractivity contribution in [3.8, 4) is 0 Å². The Hall–Kier alpha value is -1.07. The van der Waals surface area contributed by atoms with Crippen LogP contribution in [0, 0.1) is 6.92 Å². The van der Waals surface area contributed by atoms with Gasteiger partial charge in [-0.25, -0.2) is 4.79 Å². The summed E-state index contributed by atoms with van der Waals surface area (Å²) in [5, 5.41) is 0. The van der Waals surface area contributed by atoms with Gasteiger partial charge >= 0.3 is 5.69 Å². The summed E-state index contributed by atoms with van der Waals surface area (Å²) in [5.74, 6) is 0. The van der Waals surface area contributed by atoms with Crippen LogP contribution in [0.3, 0.4) is 0 Å². The van der Waals surface area contributed by atoms with Crippen molar-refractivity contribution in [2.45, 2.75) is 13.5 Å². The number of rotatable bonds is 1.